The van der Waals surface area contributed by atoms with Crippen LogP contribution in [-0.2, 0) is 20.9 Å². The van der Waals surface area contributed by atoms with E-state index in [0.717, 1.165) is 17.7 Å². The fourth-order valence-electron chi connectivity index (χ4n) is 2.14. The van der Waals surface area contributed by atoms with Crippen molar-refractivity contribution >= 4 is 27.0 Å². The zero-order valence-electron chi connectivity index (χ0n) is 14.1. The first-order valence-electron chi connectivity index (χ1n) is 7.65. The number of para-hydroxylation sites is 1. The topological polar surface area (TPSA) is 67.8 Å². The fourth-order valence-corrected chi connectivity index (χ4v) is 2.77. The highest BCUT2D eigenvalue weighted by Crippen LogP contribution is 2.19. The predicted octanol–water partition coefficient (Wildman–Crippen LogP) is 3.63. The number of anilines is 1. The van der Waals surface area contributed by atoms with E-state index in [9.17, 15) is 9.00 Å². The summed E-state index contributed by atoms with van der Waals surface area (Å²) in [6.07, 6.45) is 4.01. The number of benzene rings is 2. The average Bonchev–Trinajstić information content (AvgIpc) is 2.53. The van der Waals surface area contributed by atoms with Crippen LogP contribution in [0.15, 0.2) is 52.9 Å². The molecule has 2 aromatic rings. The van der Waals surface area contributed by atoms with Gasteiger partial charge in [-0.2, -0.15) is 4.36 Å². The number of hydrogen-bond donors (Lipinski definition) is 1. The Morgan fingerprint density at radius 2 is 1.79 bits per heavy atom. The van der Waals surface area contributed by atoms with Gasteiger partial charge in [-0.15, -0.1) is 0 Å². The van der Waals surface area contributed by atoms with Crippen LogP contribution in [0.5, 0.6) is 5.75 Å². The number of carbonyl (C=O) groups is 1. The Bertz CT molecular complexity index is 814. The summed E-state index contributed by atoms with van der Waals surface area (Å²) in [7, 11) is -2.19. The van der Waals surface area contributed by atoms with Crippen LogP contribution in [0.2, 0.25) is 0 Å². The number of ether oxygens (including phenoxy) is 1. The van der Waals surface area contributed by atoms with Gasteiger partial charge in [-0.25, -0.2) is 4.21 Å². The zero-order chi connectivity index (χ0) is 17.6. The van der Waals surface area contributed by atoms with Crippen molar-refractivity contribution < 1.29 is 13.7 Å². The zero-order valence-corrected chi connectivity index (χ0v) is 14.9. The average molecular weight is 346 g/mol. The lowest BCUT2D eigenvalue weighted by molar-refractivity contribution is -0.118. The lowest BCUT2D eigenvalue weighted by Gasteiger charge is -2.10. The van der Waals surface area contributed by atoms with Crippen LogP contribution in [0.3, 0.4) is 0 Å². The predicted molar refractivity (Wildman–Crippen MR) is 98.5 cm³/mol. The molecule has 24 heavy (non-hydrogen) atoms. The lowest BCUT2D eigenvalue weighted by atomic mass is 10.1. The van der Waals surface area contributed by atoms with Crippen LogP contribution in [0.4, 0.5) is 11.4 Å². The maximum absolute atomic E-state index is 12.0. The summed E-state index contributed by atoms with van der Waals surface area (Å²) in [5.74, 6) is 0.349. The third kappa shape index (κ3) is 5.70. The summed E-state index contributed by atoms with van der Waals surface area (Å²) in [5.41, 5.74) is 2.52. The van der Waals surface area contributed by atoms with Gasteiger partial charge in [0, 0.05) is 27.9 Å². The minimum atomic E-state index is -2.19. The first kappa shape index (κ1) is 18.0. The van der Waals surface area contributed by atoms with Crippen LogP contribution >= 0.6 is 0 Å². The molecule has 6 heteroatoms. The molecule has 0 radical (unpaired) electrons. The number of aryl methyl sites for hydroxylation is 1. The van der Waals surface area contributed by atoms with Gasteiger partial charge in [0.05, 0.1) is 5.69 Å². The van der Waals surface area contributed by atoms with Gasteiger partial charge in [-0.1, -0.05) is 25.1 Å². The Balaban J connectivity index is 1.93. The first-order valence-corrected chi connectivity index (χ1v) is 9.98. The van der Waals surface area contributed by atoms with E-state index in [1.54, 1.807) is 36.8 Å². The van der Waals surface area contributed by atoms with Crippen LogP contribution in [0.1, 0.15) is 12.5 Å². The molecule has 0 aliphatic heterocycles. The van der Waals surface area contributed by atoms with E-state index in [1.165, 1.54) is 0 Å². The largest absolute Gasteiger partial charge is 0.484 e. The molecule has 128 valence electrons. The van der Waals surface area contributed by atoms with Gasteiger partial charge in [0.1, 0.15) is 5.75 Å². The van der Waals surface area contributed by atoms with Gasteiger partial charge in [-0.05, 0) is 42.3 Å². The number of nitrogens with zero attached hydrogens (tertiary/aromatic N) is 1. The molecule has 0 aliphatic carbocycles. The van der Waals surface area contributed by atoms with Gasteiger partial charge in [0.25, 0.3) is 5.91 Å². The van der Waals surface area contributed by atoms with Gasteiger partial charge in [-0.3, -0.25) is 4.79 Å². The molecule has 0 saturated carbocycles. The second-order valence-electron chi connectivity index (χ2n) is 5.61. The molecule has 0 atom stereocenters. The summed E-state index contributed by atoms with van der Waals surface area (Å²) in [6.45, 7) is 1.96. The van der Waals surface area contributed by atoms with Crippen molar-refractivity contribution in [3.8, 4) is 5.75 Å². The van der Waals surface area contributed by atoms with Gasteiger partial charge in [0.2, 0.25) is 0 Å². The maximum atomic E-state index is 12.0. The summed E-state index contributed by atoms with van der Waals surface area (Å²) in [6, 6.07) is 14.5. The Labute approximate surface area is 143 Å². The molecular formula is C18H22N2O3S. The minimum absolute atomic E-state index is 0.0766. The van der Waals surface area contributed by atoms with Gasteiger partial charge >= 0.3 is 0 Å². The van der Waals surface area contributed by atoms with E-state index < -0.39 is 9.73 Å². The molecule has 0 aliphatic rings. The maximum Gasteiger partial charge on any atom is 0.262 e. The molecule has 1 amide bonds. The van der Waals surface area contributed by atoms with Crippen LogP contribution in [-0.4, -0.2) is 29.2 Å². The highest BCUT2D eigenvalue weighted by atomic mass is 32.2. The Morgan fingerprint density at radius 1 is 1.12 bits per heavy atom. The number of rotatable bonds is 6. The second-order valence-corrected chi connectivity index (χ2v) is 8.16. The van der Waals surface area contributed by atoms with Crippen LogP contribution in [0.25, 0.3) is 0 Å². The van der Waals surface area contributed by atoms with E-state index in [4.69, 9.17) is 4.74 Å². The highest BCUT2D eigenvalue weighted by molar-refractivity contribution is 7.92. The molecular weight excluding hydrogens is 324 g/mol. The molecule has 0 aromatic heterocycles. The number of hydrogen-bond acceptors (Lipinski definition) is 4. The lowest BCUT2D eigenvalue weighted by Crippen LogP contribution is -2.20. The molecule has 0 saturated heterocycles. The van der Waals surface area contributed by atoms with E-state index in [1.807, 2.05) is 31.2 Å². The monoisotopic (exact) mass is 346 g/mol. The number of carbonyl (C=O) groups excluding carboxylic acids is 1. The molecule has 2 aromatic carbocycles. The van der Waals surface area contributed by atoms with Gasteiger partial charge < -0.3 is 10.1 Å². The van der Waals surface area contributed by atoms with E-state index in [0.29, 0.717) is 11.4 Å². The second kappa shape index (κ2) is 7.97. The van der Waals surface area contributed by atoms with Crippen molar-refractivity contribution in [1.82, 2.24) is 0 Å². The quantitative estimate of drug-likeness (QED) is 0.868. The Morgan fingerprint density at radius 3 is 2.42 bits per heavy atom. The van der Waals surface area contributed by atoms with Crippen molar-refractivity contribution in [2.75, 3.05) is 24.4 Å². The summed E-state index contributed by atoms with van der Waals surface area (Å²) in [5, 5.41) is 2.85. The molecule has 0 bridgehead atoms. The third-order valence-electron chi connectivity index (χ3n) is 3.20. The standard InChI is InChI=1S/C18H22N2O3S/c1-4-14-7-5-6-8-17(14)19-18(21)13-23-16-11-9-15(10-12-16)20-24(2,3)22/h5-12H,4,13H2,1-3H3,(H,19,21). The first-order chi connectivity index (χ1) is 11.4. The third-order valence-corrected chi connectivity index (χ3v) is 3.85. The molecule has 0 fully saturated rings. The van der Waals surface area contributed by atoms with Crippen LogP contribution < -0.4 is 10.1 Å². The Hall–Kier alpha value is -2.34. The van der Waals surface area contributed by atoms with E-state index >= 15 is 0 Å². The van der Waals surface area contributed by atoms with Crippen molar-refractivity contribution in [2.45, 2.75) is 13.3 Å². The normalized spacial score (nSPS) is 11.0. The smallest absolute Gasteiger partial charge is 0.262 e. The van der Waals surface area contributed by atoms with Crippen molar-refractivity contribution in [3.05, 3.63) is 54.1 Å². The molecule has 2 rings (SSSR count). The van der Waals surface area contributed by atoms with Crippen molar-refractivity contribution in [2.24, 2.45) is 4.36 Å². The minimum Gasteiger partial charge on any atom is -0.484 e. The van der Waals surface area contributed by atoms with E-state index in [2.05, 4.69) is 9.68 Å². The Kier molecular flexibility index (Phi) is 5.98. The summed E-state index contributed by atoms with van der Waals surface area (Å²) >= 11 is 0. The number of nitrogens with one attached hydrogen (secondary N) is 1. The highest BCUT2D eigenvalue weighted by Gasteiger charge is 2.06. The van der Waals surface area contributed by atoms with Crippen molar-refractivity contribution in [1.29, 1.82) is 0 Å². The molecule has 0 unspecified atom stereocenters. The summed E-state index contributed by atoms with van der Waals surface area (Å²) < 4.78 is 21.2. The van der Waals surface area contributed by atoms with Crippen molar-refractivity contribution in [3.63, 3.8) is 0 Å². The molecule has 1 N–H and O–H groups in total. The molecule has 5 nitrogen and oxygen atoms in total. The number of amides is 1. The fraction of sp³-hybridized carbons (Fsp3) is 0.278. The van der Waals surface area contributed by atoms with Crippen LogP contribution in [0, 0.1) is 0 Å². The van der Waals surface area contributed by atoms with E-state index in [-0.39, 0.29) is 12.5 Å². The van der Waals surface area contributed by atoms with Gasteiger partial charge in [0.15, 0.2) is 6.61 Å². The molecule has 0 heterocycles. The summed E-state index contributed by atoms with van der Waals surface area (Å²) in [4.78, 5) is 12.0. The molecule has 0 spiro atoms. The SMILES string of the molecule is CCc1ccccc1NC(=O)COc1ccc(N=S(C)(C)=O)cc1.